The van der Waals surface area contributed by atoms with Gasteiger partial charge < -0.3 is 5.11 Å². The molecule has 0 radical (unpaired) electrons. The predicted molar refractivity (Wildman–Crippen MR) is 75.7 cm³/mol. The normalized spacial score (nSPS) is 10.2. The Morgan fingerprint density at radius 3 is 2.39 bits per heavy atom. The lowest BCUT2D eigenvalue weighted by molar-refractivity contribution is -0.133. The van der Waals surface area contributed by atoms with E-state index in [2.05, 4.69) is 24.3 Å². The maximum Gasteiger partial charge on any atom is 0.313 e. The van der Waals surface area contributed by atoms with Crippen LogP contribution in [0.15, 0.2) is 54.6 Å². The van der Waals surface area contributed by atoms with E-state index in [9.17, 15) is 4.79 Å². The molecule has 0 aliphatic carbocycles. The van der Waals surface area contributed by atoms with E-state index >= 15 is 0 Å². The van der Waals surface area contributed by atoms with Crippen molar-refractivity contribution < 1.29 is 9.90 Å². The van der Waals surface area contributed by atoms with E-state index in [1.165, 1.54) is 28.5 Å². The van der Waals surface area contributed by atoms with Crippen molar-refractivity contribution in [2.45, 2.75) is 5.75 Å². The second kappa shape index (κ2) is 6.26. The fourth-order valence-electron chi connectivity index (χ4n) is 1.79. The van der Waals surface area contributed by atoms with Gasteiger partial charge in [-0.3, -0.25) is 4.79 Å². The molecule has 0 saturated heterocycles. The van der Waals surface area contributed by atoms with Crippen molar-refractivity contribution in [1.29, 1.82) is 0 Å². The van der Waals surface area contributed by atoms with Gasteiger partial charge in [-0.15, -0.1) is 11.8 Å². The molecule has 0 unspecified atom stereocenters. The molecule has 0 spiro atoms. The van der Waals surface area contributed by atoms with Crippen LogP contribution in [0.3, 0.4) is 0 Å². The smallest absolute Gasteiger partial charge is 0.313 e. The van der Waals surface area contributed by atoms with E-state index in [-0.39, 0.29) is 5.75 Å². The topological polar surface area (TPSA) is 37.3 Å². The van der Waals surface area contributed by atoms with Crippen molar-refractivity contribution in [1.82, 2.24) is 0 Å². The third kappa shape index (κ3) is 3.37. The van der Waals surface area contributed by atoms with Crippen molar-refractivity contribution in [2.75, 3.05) is 5.75 Å². The molecule has 0 saturated carbocycles. The van der Waals surface area contributed by atoms with Crippen LogP contribution in [0.4, 0.5) is 0 Å². The summed E-state index contributed by atoms with van der Waals surface area (Å²) >= 11 is 1.42. The van der Waals surface area contributed by atoms with Gasteiger partial charge in [0.1, 0.15) is 0 Å². The second-order valence-corrected chi connectivity index (χ2v) is 4.90. The van der Waals surface area contributed by atoms with E-state index in [1.54, 1.807) is 0 Å². The molecule has 0 aliphatic rings. The molecule has 0 amide bonds. The zero-order valence-electron chi connectivity index (χ0n) is 9.87. The van der Waals surface area contributed by atoms with E-state index in [0.29, 0.717) is 0 Å². The molecule has 3 heteroatoms. The Bertz CT molecular complexity index is 523. The number of hydrogen-bond donors (Lipinski definition) is 1. The molecule has 2 aromatic carbocycles. The Kier molecular flexibility index (Phi) is 4.42. The number of aliphatic carboxylic acids is 1. The summed E-state index contributed by atoms with van der Waals surface area (Å²) in [4.78, 5) is 10.5. The number of carbonyl (C=O) groups is 1. The number of hydrogen-bond acceptors (Lipinski definition) is 2. The number of carboxylic acid groups (broad SMARTS) is 1. The lowest BCUT2D eigenvalue weighted by Crippen LogP contribution is -1.98. The van der Waals surface area contributed by atoms with Gasteiger partial charge in [-0.05, 0) is 16.7 Å². The molecule has 0 aliphatic heterocycles. The van der Waals surface area contributed by atoms with E-state index in [1.807, 2.05) is 30.3 Å². The van der Waals surface area contributed by atoms with Gasteiger partial charge in [0.05, 0.1) is 5.75 Å². The molecule has 0 bridgehead atoms. The first-order valence-corrected chi connectivity index (χ1v) is 6.85. The Balaban J connectivity index is 2.18. The number of rotatable bonds is 5. The molecule has 0 fully saturated rings. The maximum absolute atomic E-state index is 10.5. The number of thioether (sulfide) groups is 1. The van der Waals surface area contributed by atoms with Crippen LogP contribution in [0.2, 0.25) is 0 Å². The Morgan fingerprint density at radius 1 is 1.00 bits per heavy atom. The molecule has 18 heavy (non-hydrogen) atoms. The van der Waals surface area contributed by atoms with Crippen molar-refractivity contribution in [3.05, 3.63) is 60.2 Å². The predicted octanol–water partition coefficient (Wildman–Crippen LogP) is 3.67. The quantitative estimate of drug-likeness (QED) is 0.889. The van der Waals surface area contributed by atoms with Gasteiger partial charge in [0.2, 0.25) is 0 Å². The first kappa shape index (κ1) is 12.7. The van der Waals surface area contributed by atoms with Gasteiger partial charge >= 0.3 is 5.97 Å². The monoisotopic (exact) mass is 258 g/mol. The van der Waals surface area contributed by atoms with Crippen LogP contribution in [0.25, 0.3) is 11.1 Å². The van der Waals surface area contributed by atoms with Crippen LogP contribution < -0.4 is 0 Å². The van der Waals surface area contributed by atoms with E-state index in [4.69, 9.17) is 5.11 Å². The summed E-state index contributed by atoms with van der Waals surface area (Å²) < 4.78 is 0. The Morgan fingerprint density at radius 2 is 1.67 bits per heavy atom. The van der Waals surface area contributed by atoms with Crippen molar-refractivity contribution >= 4 is 17.7 Å². The highest BCUT2D eigenvalue weighted by Gasteiger charge is 2.05. The van der Waals surface area contributed by atoms with Gasteiger partial charge in [0, 0.05) is 5.75 Å². The third-order valence-corrected chi connectivity index (χ3v) is 3.55. The standard InChI is InChI=1S/C15H14O2S/c16-15(17)11-18-10-13-8-4-5-9-14(13)12-6-2-1-3-7-12/h1-9H,10-11H2,(H,16,17). The molecule has 2 nitrogen and oxygen atoms in total. The maximum atomic E-state index is 10.5. The summed E-state index contributed by atoms with van der Waals surface area (Å²) in [5, 5.41) is 8.66. The SMILES string of the molecule is O=C(O)CSCc1ccccc1-c1ccccc1. The zero-order chi connectivity index (χ0) is 12.8. The number of benzene rings is 2. The average molecular weight is 258 g/mol. The van der Waals surface area contributed by atoms with Gasteiger partial charge in [0.25, 0.3) is 0 Å². The van der Waals surface area contributed by atoms with Crippen LogP contribution >= 0.6 is 11.8 Å². The fraction of sp³-hybridized carbons (Fsp3) is 0.133. The van der Waals surface area contributed by atoms with E-state index in [0.717, 1.165) is 5.75 Å². The Labute approximate surface area is 111 Å². The largest absolute Gasteiger partial charge is 0.481 e. The molecule has 2 aromatic rings. The molecular weight excluding hydrogens is 244 g/mol. The molecule has 2 rings (SSSR count). The van der Waals surface area contributed by atoms with Crippen molar-refractivity contribution in [3.8, 4) is 11.1 Å². The van der Waals surface area contributed by atoms with Crippen LogP contribution in [0.1, 0.15) is 5.56 Å². The zero-order valence-corrected chi connectivity index (χ0v) is 10.7. The highest BCUT2D eigenvalue weighted by atomic mass is 32.2. The summed E-state index contributed by atoms with van der Waals surface area (Å²) in [7, 11) is 0. The lowest BCUT2D eigenvalue weighted by atomic mass is 10.0. The van der Waals surface area contributed by atoms with E-state index < -0.39 is 5.97 Å². The fourth-order valence-corrected chi connectivity index (χ4v) is 2.54. The van der Waals surface area contributed by atoms with Gasteiger partial charge in [-0.1, -0.05) is 54.6 Å². The Hall–Kier alpha value is -1.74. The minimum absolute atomic E-state index is 0.142. The van der Waals surface area contributed by atoms with Crippen LogP contribution in [0, 0.1) is 0 Å². The highest BCUT2D eigenvalue weighted by molar-refractivity contribution is 7.99. The third-order valence-electron chi connectivity index (χ3n) is 2.59. The van der Waals surface area contributed by atoms with Gasteiger partial charge in [-0.25, -0.2) is 0 Å². The highest BCUT2D eigenvalue weighted by Crippen LogP contribution is 2.26. The molecule has 0 aromatic heterocycles. The van der Waals surface area contributed by atoms with Crippen LogP contribution in [0.5, 0.6) is 0 Å². The van der Waals surface area contributed by atoms with Crippen molar-refractivity contribution in [2.24, 2.45) is 0 Å². The molecule has 1 N–H and O–H groups in total. The lowest BCUT2D eigenvalue weighted by Gasteiger charge is -2.08. The summed E-state index contributed by atoms with van der Waals surface area (Å²) in [6, 6.07) is 18.3. The summed E-state index contributed by atoms with van der Waals surface area (Å²) in [5.74, 6) is 0.0951. The molecule has 0 atom stereocenters. The van der Waals surface area contributed by atoms with Gasteiger partial charge in [0.15, 0.2) is 0 Å². The molecule has 92 valence electrons. The van der Waals surface area contributed by atoms with Crippen LogP contribution in [-0.2, 0) is 10.5 Å². The first-order valence-electron chi connectivity index (χ1n) is 5.70. The number of carboxylic acids is 1. The molecular formula is C15H14O2S. The van der Waals surface area contributed by atoms with Gasteiger partial charge in [-0.2, -0.15) is 0 Å². The summed E-state index contributed by atoms with van der Waals surface area (Å²) in [6.45, 7) is 0. The first-order chi connectivity index (χ1) is 8.77. The van der Waals surface area contributed by atoms with Crippen molar-refractivity contribution in [3.63, 3.8) is 0 Å². The second-order valence-electron chi connectivity index (χ2n) is 3.91. The molecule has 0 heterocycles. The minimum atomic E-state index is -0.766. The van der Waals surface area contributed by atoms with Crippen LogP contribution in [-0.4, -0.2) is 16.8 Å². The minimum Gasteiger partial charge on any atom is -0.481 e. The summed E-state index contributed by atoms with van der Waals surface area (Å²) in [6.07, 6.45) is 0. The average Bonchev–Trinajstić information content (AvgIpc) is 2.40. The summed E-state index contributed by atoms with van der Waals surface area (Å²) in [5.41, 5.74) is 3.52.